The molecule has 1 aromatic rings. The van der Waals surface area contributed by atoms with Crippen LogP contribution in [0, 0.1) is 0 Å². The number of benzene rings is 1. The summed E-state index contributed by atoms with van der Waals surface area (Å²) in [5, 5.41) is 9.19. The smallest absolute Gasteiger partial charge is 0.166 e. The fourth-order valence-corrected chi connectivity index (χ4v) is 2.15. The van der Waals surface area contributed by atoms with Crippen LogP contribution in [0.2, 0.25) is 0 Å². The van der Waals surface area contributed by atoms with Crippen molar-refractivity contribution in [3.8, 4) is 11.5 Å². The highest BCUT2D eigenvalue weighted by molar-refractivity contribution is 7.90. The zero-order valence-corrected chi connectivity index (χ0v) is 11.4. The maximum atomic E-state index is 11.0. The Morgan fingerprint density at radius 1 is 1.33 bits per heavy atom. The summed E-state index contributed by atoms with van der Waals surface area (Å²) in [4.78, 5) is 0. The van der Waals surface area contributed by atoms with Crippen molar-refractivity contribution in [2.75, 3.05) is 25.7 Å². The highest BCUT2D eigenvalue weighted by atomic mass is 32.2. The Bertz CT molecular complexity index is 459. The molecule has 0 saturated heterocycles. The number of hydrogen-bond acceptors (Lipinski definition) is 5. The molecular formula is C12H18O5S. The molecule has 0 spiro atoms. The first-order valence-corrected chi connectivity index (χ1v) is 7.61. The van der Waals surface area contributed by atoms with E-state index in [0.717, 1.165) is 0 Å². The SMILES string of the molecule is COc1cccc(CO)c1OCCCS(C)(=O)=O. The van der Waals surface area contributed by atoms with E-state index in [2.05, 4.69) is 0 Å². The Balaban J connectivity index is 2.66. The fourth-order valence-electron chi connectivity index (χ4n) is 1.51. The summed E-state index contributed by atoms with van der Waals surface area (Å²) in [5.74, 6) is 1.08. The number of rotatable bonds is 7. The molecule has 0 atom stereocenters. The molecule has 1 N–H and O–H groups in total. The van der Waals surface area contributed by atoms with Gasteiger partial charge in [0.2, 0.25) is 0 Å². The van der Waals surface area contributed by atoms with Gasteiger partial charge in [-0.15, -0.1) is 0 Å². The van der Waals surface area contributed by atoms with Gasteiger partial charge in [0.25, 0.3) is 0 Å². The Morgan fingerprint density at radius 3 is 2.61 bits per heavy atom. The Labute approximate surface area is 107 Å². The highest BCUT2D eigenvalue weighted by Gasteiger charge is 2.10. The molecule has 0 amide bonds. The maximum Gasteiger partial charge on any atom is 0.166 e. The lowest BCUT2D eigenvalue weighted by Gasteiger charge is -2.13. The second-order valence-corrected chi connectivity index (χ2v) is 6.20. The van der Waals surface area contributed by atoms with Crippen molar-refractivity contribution >= 4 is 9.84 Å². The topological polar surface area (TPSA) is 72.8 Å². The molecule has 102 valence electrons. The predicted octanol–water partition coefficient (Wildman–Crippen LogP) is 1.00. The van der Waals surface area contributed by atoms with Crippen LogP contribution < -0.4 is 9.47 Å². The van der Waals surface area contributed by atoms with E-state index < -0.39 is 9.84 Å². The van der Waals surface area contributed by atoms with E-state index in [-0.39, 0.29) is 19.0 Å². The molecule has 6 heteroatoms. The van der Waals surface area contributed by atoms with Gasteiger partial charge in [-0.25, -0.2) is 8.42 Å². The zero-order valence-electron chi connectivity index (χ0n) is 10.5. The van der Waals surface area contributed by atoms with Crippen LogP contribution >= 0.6 is 0 Å². The molecule has 0 aromatic heterocycles. The summed E-state index contributed by atoms with van der Waals surface area (Å²) in [6.45, 7) is 0.110. The van der Waals surface area contributed by atoms with Gasteiger partial charge < -0.3 is 14.6 Å². The van der Waals surface area contributed by atoms with Crippen LogP contribution in [0.15, 0.2) is 18.2 Å². The molecule has 1 rings (SSSR count). The number of aliphatic hydroxyl groups excluding tert-OH is 1. The Hall–Kier alpha value is -1.27. The number of para-hydroxylation sites is 1. The Kier molecular flexibility index (Phi) is 5.43. The summed E-state index contributed by atoms with van der Waals surface area (Å²) >= 11 is 0. The maximum absolute atomic E-state index is 11.0. The standard InChI is InChI=1S/C12H18O5S/c1-16-11-6-3-5-10(9-13)12(11)17-7-4-8-18(2,14)15/h3,5-6,13H,4,7-9H2,1-2H3. The number of ether oxygens (including phenoxy) is 2. The number of aliphatic hydroxyl groups is 1. The van der Waals surface area contributed by atoms with E-state index in [9.17, 15) is 13.5 Å². The summed E-state index contributed by atoms with van der Waals surface area (Å²) < 4.78 is 32.6. The van der Waals surface area contributed by atoms with E-state index in [1.807, 2.05) is 0 Å². The van der Waals surface area contributed by atoms with Gasteiger partial charge in [0, 0.05) is 11.8 Å². The third-order valence-corrected chi connectivity index (χ3v) is 3.39. The van der Waals surface area contributed by atoms with Crippen LogP contribution in [0.3, 0.4) is 0 Å². The van der Waals surface area contributed by atoms with E-state index in [0.29, 0.717) is 23.5 Å². The summed E-state index contributed by atoms with van der Waals surface area (Å²) in [6, 6.07) is 5.22. The van der Waals surface area contributed by atoms with Gasteiger partial charge in [-0.2, -0.15) is 0 Å². The van der Waals surface area contributed by atoms with Crippen molar-refractivity contribution in [1.29, 1.82) is 0 Å². The zero-order chi connectivity index (χ0) is 13.6. The van der Waals surface area contributed by atoms with E-state index in [4.69, 9.17) is 9.47 Å². The van der Waals surface area contributed by atoms with Crippen LogP contribution in [0.5, 0.6) is 11.5 Å². The minimum atomic E-state index is -2.97. The van der Waals surface area contributed by atoms with Crippen LogP contribution in [0.4, 0.5) is 0 Å². The van der Waals surface area contributed by atoms with E-state index in [1.165, 1.54) is 13.4 Å². The lowest BCUT2D eigenvalue weighted by atomic mass is 10.2. The average molecular weight is 274 g/mol. The molecule has 0 aliphatic rings. The van der Waals surface area contributed by atoms with Gasteiger partial charge >= 0.3 is 0 Å². The van der Waals surface area contributed by atoms with Crippen molar-refractivity contribution in [2.24, 2.45) is 0 Å². The lowest BCUT2D eigenvalue weighted by molar-refractivity contribution is 0.255. The molecule has 0 unspecified atom stereocenters. The fraction of sp³-hybridized carbons (Fsp3) is 0.500. The predicted molar refractivity (Wildman–Crippen MR) is 68.7 cm³/mol. The third-order valence-electron chi connectivity index (χ3n) is 2.36. The van der Waals surface area contributed by atoms with Crippen molar-refractivity contribution in [2.45, 2.75) is 13.0 Å². The number of methoxy groups -OCH3 is 1. The molecule has 0 bridgehead atoms. The monoisotopic (exact) mass is 274 g/mol. The summed E-state index contributed by atoms with van der Waals surface area (Å²) in [5.41, 5.74) is 0.619. The molecule has 0 radical (unpaired) electrons. The van der Waals surface area contributed by atoms with Crippen molar-refractivity contribution in [3.05, 3.63) is 23.8 Å². The minimum absolute atomic E-state index is 0.0800. The first-order chi connectivity index (χ1) is 8.48. The van der Waals surface area contributed by atoms with Gasteiger partial charge in [-0.3, -0.25) is 0 Å². The molecule has 18 heavy (non-hydrogen) atoms. The van der Waals surface area contributed by atoms with E-state index >= 15 is 0 Å². The first-order valence-electron chi connectivity index (χ1n) is 5.55. The second-order valence-electron chi connectivity index (χ2n) is 3.94. The van der Waals surface area contributed by atoms with Crippen LogP contribution in [0.1, 0.15) is 12.0 Å². The van der Waals surface area contributed by atoms with Crippen molar-refractivity contribution in [3.63, 3.8) is 0 Å². The first kappa shape index (κ1) is 14.8. The minimum Gasteiger partial charge on any atom is -0.493 e. The molecule has 0 aliphatic carbocycles. The molecule has 0 fully saturated rings. The third kappa shape index (κ3) is 4.54. The summed E-state index contributed by atoms with van der Waals surface area (Å²) in [7, 11) is -1.46. The van der Waals surface area contributed by atoms with Gasteiger partial charge in [0.1, 0.15) is 9.84 Å². The number of hydrogen-bond donors (Lipinski definition) is 1. The number of sulfone groups is 1. The van der Waals surface area contributed by atoms with Gasteiger partial charge in [0.05, 0.1) is 26.1 Å². The molecule has 0 saturated carbocycles. The molecule has 1 aromatic carbocycles. The summed E-state index contributed by atoms with van der Waals surface area (Å²) in [6.07, 6.45) is 1.59. The quantitative estimate of drug-likeness (QED) is 0.751. The van der Waals surface area contributed by atoms with Crippen molar-refractivity contribution < 1.29 is 23.0 Å². The van der Waals surface area contributed by atoms with E-state index in [1.54, 1.807) is 18.2 Å². The molecular weight excluding hydrogens is 256 g/mol. The van der Waals surface area contributed by atoms with Gasteiger partial charge in [0.15, 0.2) is 11.5 Å². The van der Waals surface area contributed by atoms with Gasteiger partial charge in [-0.05, 0) is 12.5 Å². The Morgan fingerprint density at radius 2 is 2.06 bits per heavy atom. The lowest BCUT2D eigenvalue weighted by Crippen LogP contribution is -2.09. The molecule has 0 aliphatic heterocycles. The molecule has 0 heterocycles. The van der Waals surface area contributed by atoms with Crippen LogP contribution in [-0.2, 0) is 16.4 Å². The largest absolute Gasteiger partial charge is 0.493 e. The highest BCUT2D eigenvalue weighted by Crippen LogP contribution is 2.31. The van der Waals surface area contributed by atoms with Gasteiger partial charge in [-0.1, -0.05) is 12.1 Å². The second kappa shape index (κ2) is 6.61. The van der Waals surface area contributed by atoms with Crippen molar-refractivity contribution in [1.82, 2.24) is 0 Å². The van der Waals surface area contributed by atoms with Crippen LogP contribution in [-0.4, -0.2) is 39.2 Å². The molecule has 5 nitrogen and oxygen atoms in total. The van der Waals surface area contributed by atoms with Crippen LogP contribution in [0.25, 0.3) is 0 Å². The normalized spacial score (nSPS) is 11.3. The average Bonchev–Trinajstić information content (AvgIpc) is 2.33.